The minimum Gasteiger partial charge on any atom is -0.465 e. The van der Waals surface area contributed by atoms with Gasteiger partial charge in [0.05, 0.1) is 12.7 Å². The van der Waals surface area contributed by atoms with Crippen LogP contribution >= 0.6 is 15.9 Å². The fourth-order valence-electron chi connectivity index (χ4n) is 1.99. The van der Waals surface area contributed by atoms with E-state index in [4.69, 9.17) is 0 Å². The number of halogens is 1. The zero-order valence-corrected chi connectivity index (χ0v) is 11.8. The highest BCUT2D eigenvalue weighted by Gasteiger charge is 2.10. The summed E-state index contributed by atoms with van der Waals surface area (Å²) in [5.41, 5.74) is 1.84. The number of hydrogen-bond acceptors (Lipinski definition) is 2. The molecule has 2 rings (SSSR count). The molecule has 2 nitrogen and oxygen atoms in total. The number of methoxy groups -OCH3 is 1. The molecule has 1 unspecified atom stereocenters. The lowest BCUT2D eigenvalue weighted by molar-refractivity contribution is 0.0600. The van der Waals surface area contributed by atoms with Crippen LogP contribution in [0.5, 0.6) is 0 Å². The van der Waals surface area contributed by atoms with Gasteiger partial charge >= 0.3 is 5.97 Å². The van der Waals surface area contributed by atoms with Crippen molar-refractivity contribution in [2.75, 3.05) is 7.11 Å². The molecule has 1 aromatic rings. The van der Waals surface area contributed by atoms with E-state index in [1.54, 1.807) is 0 Å². The summed E-state index contributed by atoms with van der Waals surface area (Å²) in [5, 5.41) is 0. The molecule has 1 aliphatic rings. The number of hydrogen-bond donors (Lipinski definition) is 0. The lowest BCUT2D eigenvalue weighted by atomic mass is 9.93. The summed E-state index contributed by atoms with van der Waals surface area (Å²) >= 11 is 3.46. The topological polar surface area (TPSA) is 26.3 Å². The zero-order chi connectivity index (χ0) is 13.0. The van der Waals surface area contributed by atoms with Crippen molar-refractivity contribution in [1.82, 2.24) is 0 Å². The minimum absolute atomic E-state index is 0.286. The van der Waals surface area contributed by atoms with Crippen molar-refractivity contribution >= 4 is 21.9 Å². The minimum atomic E-state index is -0.286. The molecule has 0 aromatic heterocycles. The quantitative estimate of drug-likeness (QED) is 0.792. The SMILES string of the molecule is COC(=O)c1ccc(CC2C=CC(Br)=CC2)cc1. The van der Waals surface area contributed by atoms with Crippen LogP contribution in [0.1, 0.15) is 22.3 Å². The number of esters is 1. The largest absolute Gasteiger partial charge is 0.465 e. The van der Waals surface area contributed by atoms with Crippen molar-refractivity contribution in [3.8, 4) is 0 Å². The van der Waals surface area contributed by atoms with Crippen molar-refractivity contribution in [3.05, 3.63) is 58.1 Å². The van der Waals surface area contributed by atoms with Crippen LogP contribution in [0, 0.1) is 5.92 Å². The van der Waals surface area contributed by atoms with E-state index in [0.717, 1.165) is 17.3 Å². The maximum atomic E-state index is 11.3. The van der Waals surface area contributed by atoms with Crippen molar-refractivity contribution in [3.63, 3.8) is 0 Å². The summed E-state index contributed by atoms with van der Waals surface area (Å²) in [7, 11) is 1.40. The number of rotatable bonds is 3. The standard InChI is InChI=1S/C15H15BrO2/c1-18-15(17)13-6-2-11(3-7-13)10-12-4-8-14(16)9-5-12/h2-4,6-9,12H,5,10H2,1H3. The Morgan fingerprint density at radius 1 is 1.39 bits per heavy atom. The smallest absolute Gasteiger partial charge is 0.337 e. The Kier molecular flexibility index (Phi) is 4.37. The van der Waals surface area contributed by atoms with Crippen LogP contribution in [0.15, 0.2) is 47.0 Å². The van der Waals surface area contributed by atoms with Gasteiger partial charge in [0.1, 0.15) is 0 Å². The molecule has 0 heterocycles. The maximum absolute atomic E-state index is 11.3. The normalized spacial score (nSPS) is 18.3. The Labute approximate surface area is 115 Å². The molecular weight excluding hydrogens is 292 g/mol. The summed E-state index contributed by atoms with van der Waals surface area (Å²) in [5.74, 6) is 0.251. The molecule has 0 saturated heterocycles. The molecule has 0 amide bonds. The third-order valence-corrected chi connectivity index (χ3v) is 3.60. The lowest BCUT2D eigenvalue weighted by Gasteiger charge is -2.14. The van der Waals surface area contributed by atoms with Crippen molar-refractivity contribution in [2.24, 2.45) is 5.92 Å². The highest BCUT2D eigenvalue weighted by atomic mass is 79.9. The molecule has 0 spiro atoms. The molecular formula is C15H15BrO2. The molecule has 0 aliphatic heterocycles. The van der Waals surface area contributed by atoms with Gasteiger partial charge in [0.25, 0.3) is 0 Å². The molecule has 1 atom stereocenters. The van der Waals surface area contributed by atoms with Crippen LogP contribution in [0.25, 0.3) is 0 Å². The van der Waals surface area contributed by atoms with Crippen molar-refractivity contribution in [1.29, 1.82) is 0 Å². The maximum Gasteiger partial charge on any atom is 0.337 e. The Bertz CT molecular complexity index is 486. The Hall–Kier alpha value is -1.35. The van der Waals surface area contributed by atoms with Gasteiger partial charge in [-0.2, -0.15) is 0 Å². The van der Waals surface area contributed by atoms with Gasteiger partial charge < -0.3 is 4.74 Å². The second-order valence-electron chi connectivity index (χ2n) is 4.34. The van der Waals surface area contributed by atoms with E-state index >= 15 is 0 Å². The molecule has 0 fully saturated rings. The lowest BCUT2D eigenvalue weighted by Crippen LogP contribution is -2.04. The average Bonchev–Trinajstić information content (AvgIpc) is 2.41. The number of allylic oxidation sites excluding steroid dienone is 4. The van der Waals surface area contributed by atoms with Crippen LogP contribution in [-0.2, 0) is 11.2 Å². The third kappa shape index (κ3) is 3.33. The predicted molar refractivity (Wildman–Crippen MR) is 75.7 cm³/mol. The summed E-state index contributed by atoms with van der Waals surface area (Å²) in [4.78, 5) is 11.3. The van der Waals surface area contributed by atoms with Gasteiger partial charge in [-0.3, -0.25) is 0 Å². The highest BCUT2D eigenvalue weighted by molar-refractivity contribution is 9.11. The van der Waals surface area contributed by atoms with E-state index in [-0.39, 0.29) is 5.97 Å². The number of carbonyl (C=O) groups excluding carboxylic acids is 1. The molecule has 3 heteroatoms. The zero-order valence-electron chi connectivity index (χ0n) is 10.2. The van der Waals surface area contributed by atoms with Crippen LogP contribution in [0.3, 0.4) is 0 Å². The fourth-order valence-corrected chi connectivity index (χ4v) is 2.33. The van der Waals surface area contributed by atoms with Gasteiger partial charge in [0, 0.05) is 4.48 Å². The fraction of sp³-hybridized carbons (Fsp3) is 0.267. The van der Waals surface area contributed by atoms with E-state index in [0.29, 0.717) is 11.5 Å². The first-order valence-electron chi connectivity index (χ1n) is 5.90. The predicted octanol–water partition coefficient (Wildman–Crippen LogP) is 3.87. The van der Waals surface area contributed by atoms with Gasteiger partial charge in [-0.1, -0.05) is 46.3 Å². The molecule has 94 valence electrons. The second kappa shape index (κ2) is 6.01. The molecule has 0 N–H and O–H groups in total. The molecule has 1 aromatic carbocycles. The van der Waals surface area contributed by atoms with Crippen molar-refractivity contribution in [2.45, 2.75) is 12.8 Å². The molecule has 1 aliphatic carbocycles. The first kappa shape index (κ1) is 13.1. The van der Waals surface area contributed by atoms with Crippen LogP contribution in [-0.4, -0.2) is 13.1 Å². The summed E-state index contributed by atoms with van der Waals surface area (Å²) < 4.78 is 5.83. The Balaban J connectivity index is 1.99. The van der Waals surface area contributed by atoms with Gasteiger partial charge in [0.2, 0.25) is 0 Å². The van der Waals surface area contributed by atoms with Gasteiger partial charge in [-0.15, -0.1) is 0 Å². The summed E-state index contributed by atoms with van der Waals surface area (Å²) in [6.45, 7) is 0. The number of benzene rings is 1. The molecule has 0 saturated carbocycles. The molecule has 18 heavy (non-hydrogen) atoms. The summed E-state index contributed by atoms with van der Waals surface area (Å²) in [6.07, 6.45) is 8.55. The van der Waals surface area contributed by atoms with E-state index < -0.39 is 0 Å². The van der Waals surface area contributed by atoms with Gasteiger partial charge in [-0.05, 0) is 36.5 Å². The first-order valence-corrected chi connectivity index (χ1v) is 6.69. The van der Waals surface area contributed by atoms with E-state index in [2.05, 4.69) is 38.9 Å². The monoisotopic (exact) mass is 306 g/mol. The molecule has 0 bridgehead atoms. The summed E-state index contributed by atoms with van der Waals surface area (Å²) in [6, 6.07) is 7.62. The second-order valence-corrected chi connectivity index (χ2v) is 5.25. The average molecular weight is 307 g/mol. The molecule has 0 radical (unpaired) electrons. The number of carbonyl (C=O) groups is 1. The van der Waals surface area contributed by atoms with E-state index in [9.17, 15) is 4.79 Å². The Morgan fingerprint density at radius 3 is 2.67 bits per heavy atom. The van der Waals surface area contributed by atoms with Crippen LogP contribution < -0.4 is 0 Å². The van der Waals surface area contributed by atoms with Gasteiger partial charge in [0.15, 0.2) is 0 Å². The number of ether oxygens (including phenoxy) is 1. The van der Waals surface area contributed by atoms with Crippen molar-refractivity contribution < 1.29 is 9.53 Å². The third-order valence-electron chi connectivity index (χ3n) is 3.02. The Morgan fingerprint density at radius 2 is 2.11 bits per heavy atom. The van der Waals surface area contributed by atoms with E-state index in [1.165, 1.54) is 12.7 Å². The van der Waals surface area contributed by atoms with Crippen LogP contribution in [0.2, 0.25) is 0 Å². The van der Waals surface area contributed by atoms with E-state index in [1.807, 2.05) is 24.3 Å². The first-order chi connectivity index (χ1) is 8.69. The van der Waals surface area contributed by atoms with Gasteiger partial charge in [-0.25, -0.2) is 4.79 Å². The van der Waals surface area contributed by atoms with Crippen LogP contribution in [0.4, 0.5) is 0 Å². The highest BCUT2D eigenvalue weighted by Crippen LogP contribution is 2.23.